The first-order valence-corrected chi connectivity index (χ1v) is 12.7. The number of ether oxygens (including phenoxy) is 5. The number of likely N-dealkylation sites (tertiary alicyclic amines) is 1. The second-order valence-electron chi connectivity index (χ2n) is 9.03. The quantitative estimate of drug-likeness (QED) is 0.200. The molecule has 2 saturated heterocycles. The summed E-state index contributed by atoms with van der Waals surface area (Å²) in [6.45, 7) is 7.49. The Morgan fingerprint density at radius 3 is 2.23 bits per heavy atom. The van der Waals surface area contributed by atoms with E-state index in [0.717, 1.165) is 13.1 Å². The van der Waals surface area contributed by atoms with Crippen LogP contribution in [0.5, 0.6) is 23.0 Å². The topological polar surface area (TPSA) is 107 Å². The summed E-state index contributed by atoms with van der Waals surface area (Å²) in [4.78, 5) is 30.5. The van der Waals surface area contributed by atoms with E-state index in [0.29, 0.717) is 60.5 Å². The van der Waals surface area contributed by atoms with Crippen LogP contribution in [0.2, 0.25) is 0 Å². The van der Waals surface area contributed by atoms with Gasteiger partial charge in [-0.3, -0.25) is 14.5 Å². The number of carbonyl (C=O) groups excluding carboxylic acids is 2. The largest absolute Gasteiger partial charge is 0.507 e. The Morgan fingerprint density at radius 2 is 1.67 bits per heavy atom. The van der Waals surface area contributed by atoms with Crippen LogP contribution in [0.3, 0.4) is 0 Å². The number of methoxy groups -OCH3 is 3. The number of hydrogen-bond donors (Lipinski definition) is 1. The highest BCUT2D eigenvalue weighted by molar-refractivity contribution is 6.46. The first-order valence-electron chi connectivity index (χ1n) is 12.7. The molecule has 0 aromatic heterocycles. The van der Waals surface area contributed by atoms with Gasteiger partial charge in [0, 0.05) is 31.7 Å². The van der Waals surface area contributed by atoms with Gasteiger partial charge in [0.25, 0.3) is 11.7 Å². The molecule has 2 aliphatic heterocycles. The molecule has 2 aromatic rings. The molecule has 2 aromatic carbocycles. The molecule has 1 unspecified atom stereocenters. The number of aliphatic hydroxyl groups is 1. The monoisotopic (exact) mass is 538 g/mol. The van der Waals surface area contributed by atoms with E-state index in [1.165, 1.54) is 26.2 Å². The van der Waals surface area contributed by atoms with Crippen molar-refractivity contribution in [1.82, 2.24) is 9.80 Å². The molecule has 4 rings (SSSR count). The van der Waals surface area contributed by atoms with E-state index >= 15 is 0 Å². The predicted molar refractivity (Wildman–Crippen MR) is 145 cm³/mol. The van der Waals surface area contributed by atoms with Crippen LogP contribution in [0.25, 0.3) is 5.76 Å². The van der Waals surface area contributed by atoms with Gasteiger partial charge < -0.3 is 33.7 Å². The minimum atomic E-state index is -0.878. The average molecular weight is 539 g/mol. The van der Waals surface area contributed by atoms with E-state index in [2.05, 4.69) is 11.5 Å². The van der Waals surface area contributed by atoms with Crippen molar-refractivity contribution in [3.63, 3.8) is 0 Å². The second kappa shape index (κ2) is 12.7. The average Bonchev–Trinajstić information content (AvgIpc) is 3.23. The fraction of sp³-hybridized carbons (Fsp3) is 0.379. The van der Waals surface area contributed by atoms with Gasteiger partial charge in [-0.15, -0.1) is 0 Å². The summed E-state index contributed by atoms with van der Waals surface area (Å²) in [6, 6.07) is 9.15. The van der Waals surface area contributed by atoms with Crippen molar-refractivity contribution in [3.05, 3.63) is 65.8 Å². The molecule has 1 N–H and O–H groups in total. The Balaban J connectivity index is 1.80. The van der Waals surface area contributed by atoms with Crippen LogP contribution in [0.15, 0.2) is 54.6 Å². The number of benzene rings is 2. The van der Waals surface area contributed by atoms with Gasteiger partial charge in [-0.05, 0) is 42.0 Å². The van der Waals surface area contributed by atoms with Crippen molar-refractivity contribution in [2.24, 2.45) is 0 Å². The maximum absolute atomic E-state index is 13.4. The predicted octanol–water partition coefficient (Wildman–Crippen LogP) is 3.03. The van der Waals surface area contributed by atoms with Gasteiger partial charge in [-0.2, -0.15) is 0 Å². The Kier molecular flexibility index (Phi) is 9.11. The van der Waals surface area contributed by atoms with Crippen LogP contribution in [0, 0.1) is 0 Å². The van der Waals surface area contributed by atoms with Crippen LogP contribution >= 0.6 is 0 Å². The van der Waals surface area contributed by atoms with E-state index in [1.807, 2.05) is 0 Å². The smallest absolute Gasteiger partial charge is 0.295 e. The highest BCUT2D eigenvalue weighted by atomic mass is 16.5. The van der Waals surface area contributed by atoms with Crippen molar-refractivity contribution in [2.45, 2.75) is 6.04 Å². The second-order valence-corrected chi connectivity index (χ2v) is 9.03. The zero-order valence-electron chi connectivity index (χ0n) is 22.5. The Labute approximate surface area is 228 Å². The van der Waals surface area contributed by atoms with Crippen molar-refractivity contribution in [2.75, 3.05) is 67.3 Å². The van der Waals surface area contributed by atoms with Crippen LogP contribution in [-0.4, -0.2) is 93.9 Å². The SMILES string of the molecule is C=CCOc1ccc(/C(O)=C2\C(=O)C(=O)N(CCN3CCOCC3)C2c2cc(OC)c(OC)c(OC)c2)cc1. The van der Waals surface area contributed by atoms with Crippen molar-refractivity contribution in [1.29, 1.82) is 0 Å². The number of morpholine rings is 1. The number of hydrogen-bond acceptors (Lipinski definition) is 9. The summed E-state index contributed by atoms with van der Waals surface area (Å²) >= 11 is 0. The Hall–Kier alpha value is -4.02. The Bertz CT molecular complexity index is 1210. The molecule has 1 amide bonds. The molecule has 10 heteroatoms. The number of aliphatic hydroxyl groups excluding tert-OH is 1. The van der Waals surface area contributed by atoms with E-state index in [4.69, 9.17) is 23.7 Å². The van der Waals surface area contributed by atoms with Gasteiger partial charge in [-0.1, -0.05) is 12.7 Å². The summed E-state index contributed by atoms with van der Waals surface area (Å²) in [7, 11) is 4.48. The standard InChI is InChI=1S/C29H34N2O8/c1-5-14-39-21-8-6-19(7-9-21)26(32)24-25(20-17-22(35-2)28(37-4)23(18-20)36-3)31(29(34)27(24)33)11-10-30-12-15-38-16-13-30/h5-9,17-18,25,32H,1,10-16H2,2-4H3/b26-24+. The maximum Gasteiger partial charge on any atom is 0.295 e. The number of Topliss-reactive ketones (excluding diaryl/α,β-unsaturated/α-hetero) is 1. The lowest BCUT2D eigenvalue weighted by Gasteiger charge is -2.31. The third-order valence-electron chi connectivity index (χ3n) is 6.80. The maximum atomic E-state index is 13.4. The molecule has 208 valence electrons. The minimum Gasteiger partial charge on any atom is -0.507 e. The Morgan fingerprint density at radius 1 is 1.03 bits per heavy atom. The zero-order valence-corrected chi connectivity index (χ0v) is 22.5. The van der Waals surface area contributed by atoms with Crippen LogP contribution in [0.4, 0.5) is 0 Å². The molecule has 0 spiro atoms. The van der Waals surface area contributed by atoms with Gasteiger partial charge in [0.05, 0.1) is 46.2 Å². The molecule has 2 aliphatic rings. The molecule has 0 radical (unpaired) electrons. The van der Waals surface area contributed by atoms with E-state index in [-0.39, 0.29) is 17.9 Å². The number of nitrogens with zero attached hydrogens (tertiary/aromatic N) is 2. The molecular weight excluding hydrogens is 504 g/mol. The summed E-state index contributed by atoms with van der Waals surface area (Å²) < 4.78 is 27.5. The molecule has 2 fully saturated rings. The highest BCUT2D eigenvalue weighted by Crippen LogP contribution is 2.45. The molecule has 1 atom stereocenters. The third-order valence-corrected chi connectivity index (χ3v) is 6.80. The van der Waals surface area contributed by atoms with Crippen molar-refractivity contribution >= 4 is 17.4 Å². The zero-order chi connectivity index (χ0) is 27.9. The molecule has 10 nitrogen and oxygen atoms in total. The number of rotatable bonds is 11. The van der Waals surface area contributed by atoms with Gasteiger partial charge in [0.1, 0.15) is 18.1 Å². The molecule has 0 saturated carbocycles. The van der Waals surface area contributed by atoms with Crippen LogP contribution in [0.1, 0.15) is 17.2 Å². The van der Waals surface area contributed by atoms with Crippen LogP contribution < -0.4 is 18.9 Å². The fourth-order valence-electron chi connectivity index (χ4n) is 4.81. The molecule has 0 bridgehead atoms. The molecule has 39 heavy (non-hydrogen) atoms. The summed E-state index contributed by atoms with van der Waals surface area (Å²) in [5.41, 5.74) is 0.902. The van der Waals surface area contributed by atoms with E-state index in [1.54, 1.807) is 42.5 Å². The fourth-order valence-corrected chi connectivity index (χ4v) is 4.81. The molecule has 0 aliphatic carbocycles. The summed E-state index contributed by atoms with van der Waals surface area (Å²) in [6.07, 6.45) is 1.63. The first-order chi connectivity index (χ1) is 18.9. The summed E-state index contributed by atoms with van der Waals surface area (Å²) in [5, 5.41) is 11.4. The van der Waals surface area contributed by atoms with E-state index in [9.17, 15) is 14.7 Å². The lowest BCUT2D eigenvalue weighted by atomic mass is 9.94. The van der Waals surface area contributed by atoms with Crippen molar-refractivity contribution < 1.29 is 38.4 Å². The normalized spacial score (nSPS) is 19.2. The van der Waals surface area contributed by atoms with Gasteiger partial charge in [-0.25, -0.2) is 0 Å². The lowest BCUT2D eigenvalue weighted by Crippen LogP contribution is -2.42. The number of ketones is 1. The molecule has 2 heterocycles. The van der Waals surface area contributed by atoms with E-state index < -0.39 is 17.7 Å². The van der Waals surface area contributed by atoms with Gasteiger partial charge in [0.15, 0.2) is 11.5 Å². The van der Waals surface area contributed by atoms with Gasteiger partial charge >= 0.3 is 0 Å². The van der Waals surface area contributed by atoms with Crippen LogP contribution in [-0.2, 0) is 14.3 Å². The lowest BCUT2D eigenvalue weighted by molar-refractivity contribution is -0.140. The minimum absolute atomic E-state index is 0.0176. The summed E-state index contributed by atoms with van der Waals surface area (Å²) in [5.74, 6) is -0.0302. The highest BCUT2D eigenvalue weighted by Gasteiger charge is 2.46. The first kappa shape index (κ1) is 28.0. The van der Waals surface area contributed by atoms with Gasteiger partial charge in [0.2, 0.25) is 5.75 Å². The third kappa shape index (κ3) is 5.86. The van der Waals surface area contributed by atoms with Crippen molar-refractivity contribution in [3.8, 4) is 23.0 Å². The number of carbonyl (C=O) groups is 2. The molecular formula is C29H34N2O8. The number of amides is 1.